The molecule has 5 aromatic rings. The van der Waals surface area contributed by atoms with Crippen LogP contribution >= 0.6 is 35.6 Å². The maximum atomic E-state index is 12.5. The summed E-state index contributed by atoms with van der Waals surface area (Å²) >= 11 is 12.1. The summed E-state index contributed by atoms with van der Waals surface area (Å²) in [5, 5.41) is 4.21. The van der Waals surface area contributed by atoms with Gasteiger partial charge in [-0.2, -0.15) is 4.98 Å². The second kappa shape index (κ2) is 22.4. The number of hydrogen-bond acceptors (Lipinski definition) is 9. The number of carbonyl (C=O) groups excluding carboxylic acids is 3. The van der Waals surface area contributed by atoms with Crippen LogP contribution in [-0.2, 0) is 31.9 Å². The maximum absolute atomic E-state index is 12.5. The summed E-state index contributed by atoms with van der Waals surface area (Å²) in [6.45, 7) is 4.19. The summed E-state index contributed by atoms with van der Waals surface area (Å²) in [4.78, 5) is 39.8. The molecular formula is C41H44Cl3N3O7. The van der Waals surface area contributed by atoms with Crippen LogP contribution < -0.4 is 15.8 Å². The van der Waals surface area contributed by atoms with Crippen molar-refractivity contribution in [2.24, 2.45) is 5.73 Å². The van der Waals surface area contributed by atoms with Gasteiger partial charge in [0.25, 0.3) is 5.91 Å². The van der Waals surface area contributed by atoms with E-state index in [-0.39, 0.29) is 55.7 Å². The third-order valence-corrected chi connectivity index (χ3v) is 8.34. The van der Waals surface area contributed by atoms with Gasteiger partial charge in [-0.3, -0.25) is 14.4 Å². The van der Waals surface area contributed by atoms with Gasteiger partial charge in [0.05, 0.1) is 39.4 Å². The lowest BCUT2D eigenvalue weighted by Gasteiger charge is -2.18. The number of ether oxygens (including phenoxy) is 3. The molecule has 0 bridgehead atoms. The molecule has 0 fully saturated rings. The van der Waals surface area contributed by atoms with Crippen molar-refractivity contribution in [3.8, 4) is 28.3 Å². The molecule has 10 nitrogen and oxygen atoms in total. The van der Waals surface area contributed by atoms with Gasteiger partial charge in [0.2, 0.25) is 5.76 Å². The third kappa shape index (κ3) is 14.2. The van der Waals surface area contributed by atoms with E-state index in [0.29, 0.717) is 24.5 Å². The summed E-state index contributed by atoms with van der Waals surface area (Å²) in [5.74, 6) is -1.12. The van der Waals surface area contributed by atoms with Crippen molar-refractivity contribution in [1.82, 2.24) is 10.3 Å². The zero-order valence-electron chi connectivity index (χ0n) is 30.3. The Balaban J connectivity index is 0.000000301. The van der Waals surface area contributed by atoms with Crippen LogP contribution in [0, 0.1) is 0 Å². The molecule has 0 saturated heterocycles. The van der Waals surface area contributed by atoms with E-state index in [1.54, 1.807) is 13.8 Å². The van der Waals surface area contributed by atoms with Crippen LogP contribution in [0.5, 0.6) is 6.08 Å². The van der Waals surface area contributed by atoms with Crippen LogP contribution in [0.3, 0.4) is 0 Å². The Labute approximate surface area is 331 Å². The highest BCUT2D eigenvalue weighted by molar-refractivity contribution is 6.31. The topological polar surface area (TPSA) is 143 Å². The zero-order chi connectivity index (χ0) is 38.2. The van der Waals surface area contributed by atoms with Crippen LogP contribution in [0.2, 0.25) is 10.0 Å². The monoisotopic (exact) mass is 795 g/mol. The molecule has 0 unspecified atom stereocenters. The number of methoxy groups -OCH3 is 1. The van der Waals surface area contributed by atoms with E-state index < -0.39 is 17.9 Å². The summed E-state index contributed by atoms with van der Waals surface area (Å²) in [7, 11) is 1.39. The summed E-state index contributed by atoms with van der Waals surface area (Å²) in [6.07, 6.45) is 2.61. The van der Waals surface area contributed by atoms with Crippen molar-refractivity contribution in [3.05, 3.63) is 130 Å². The number of nitrogens with one attached hydrogen (secondary N) is 1. The van der Waals surface area contributed by atoms with E-state index in [4.69, 9.17) is 47.6 Å². The molecule has 5 rings (SSSR count). The highest BCUT2D eigenvalue weighted by Crippen LogP contribution is 2.25. The molecule has 54 heavy (non-hydrogen) atoms. The smallest absolute Gasteiger partial charge is 0.393 e. The van der Waals surface area contributed by atoms with E-state index in [9.17, 15) is 14.4 Å². The number of aromatic nitrogens is 1. The van der Waals surface area contributed by atoms with Gasteiger partial charge in [0.1, 0.15) is 0 Å². The quantitative estimate of drug-likeness (QED) is 0.0997. The highest BCUT2D eigenvalue weighted by Gasteiger charge is 2.21. The Morgan fingerprint density at radius 2 is 1.24 bits per heavy atom. The molecule has 4 aromatic carbocycles. The Bertz CT molecular complexity index is 1940. The van der Waals surface area contributed by atoms with Gasteiger partial charge in [0.15, 0.2) is 0 Å². The molecule has 1 aromatic heterocycles. The fourth-order valence-corrected chi connectivity index (χ4v) is 5.79. The number of oxazole rings is 1. The van der Waals surface area contributed by atoms with E-state index >= 15 is 0 Å². The summed E-state index contributed by atoms with van der Waals surface area (Å²) in [5.41, 5.74) is 12.3. The minimum Gasteiger partial charge on any atom is -0.466 e. The standard InChI is InChI=1S/C23H23ClN2O5.C18H20ClNO2.ClH/c1-3-30-21(27)13-19(26-22(28)20-14-25-23(29-2)31-20)11-15-7-9-16(10-8-15)17-5-4-6-18(24)12-17;1-2-22-18(21)12-17(20)10-13-6-8-14(9-7-13)15-4-3-5-16(19)11-15;/h4-10,12,14,19H,3,11,13H2,1-2H3,(H,26,28);3-9,11,17H,2,10,12,20H2,1H3;1H/t19-;17-;/m11./s1. The number of esters is 2. The molecule has 13 heteroatoms. The van der Waals surface area contributed by atoms with Crippen molar-refractivity contribution in [2.75, 3.05) is 20.3 Å². The molecule has 0 aliphatic heterocycles. The fourth-order valence-electron chi connectivity index (χ4n) is 5.41. The molecule has 286 valence electrons. The minimum absolute atomic E-state index is 0. The first-order valence-electron chi connectivity index (χ1n) is 17.1. The van der Waals surface area contributed by atoms with Crippen molar-refractivity contribution < 1.29 is 33.0 Å². The average Bonchev–Trinajstić information content (AvgIpc) is 3.63. The first-order valence-corrected chi connectivity index (χ1v) is 17.9. The lowest BCUT2D eigenvalue weighted by Crippen LogP contribution is -2.38. The van der Waals surface area contributed by atoms with E-state index in [1.165, 1.54) is 13.3 Å². The Morgan fingerprint density at radius 3 is 1.70 bits per heavy atom. The van der Waals surface area contributed by atoms with Crippen molar-refractivity contribution >= 4 is 53.5 Å². The van der Waals surface area contributed by atoms with Gasteiger partial charge in [-0.1, -0.05) is 96.0 Å². The van der Waals surface area contributed by atoms with Gasteiger partial charge >= 0.3 is 18.0 Å². The molecule has 0 radical (unpaired) electrons. The van der Waals surface area contributed by atoms with E-state index in [0.717, 1.165) is 38.4 Å². The molecular weight excluding hydrogens is 753 g/mol. The second-order valence-corrected chi connectivity index (χ2v) is 12.8. The van der Waals surface area contributed by atoms with Crippen molar-refractivity contribution in [2.45, 2.75) is 51.6 Å². The van der Waals surface area contributed by atoms with E-state index in [1.807, 2.05) is 97.1 Å². The number of nitrogens with two attached hydrogens (primary N) is 1. The lowest BCUT2D eigenvalue weighted by molar-refractivity contribution is -0.144. The van der Waals surface area contributed by atoms with Gasteiger partial charge in [-0.05, 0) is 84.3 Å². The molecule has 0 saturated carbocycles. The predicted octanol–water partition coefficient (Wildman–Crippen LogP) is 8.55. The van der Waals surface area contributed by atoms with Gasteiger partial charge in [-0.15, -0.1) is 12.4 Å². The second-order valence-electron chi connectivity index (χ2n) is 12.0. The molecule has 1 heterocycles. The van der Waals surface area contributed by atoms with Gasteiger partial charge in [-0.25, -0.2) is 0 Å². The molecule has 1 amide bonds. The van der Waals surface area contributed by atoms with Crippen LogP contribution in [0.15, 0.2) is 108 Å². The van der Waals surface area contributed by atoms with Crippen molar-refractivity contribution in [1.29, 1.82) is 0 Å². The van der Waals surface area contributed by atoms with Crippen molar-refractivity contribution in [3.63, 3.8) is 0 Å². The normalized spacial score (nSPS) is 11.5. The number of halogens is 3. The fraction of sp³-hybridized carbons (Fsp3) is 0.268. The minimum atomic E-state index is -0.486. The number of nitrogens with zero attached hydrogens (tertiary/aromatic N) is 1. The molecule has 3 N–H and O–H groups in total. The predicted molar refractivity (Wildman–Crippen MR) is 213 cm³/mol. The molecule has 0 spiro atoms. The molecule has 0 aliphatic rings. The SMILES string of the molecule is CCOC(=O)C[C@@H](Cc1ccc(-c2cccc(Cl)c2)cc1)NC(=O)c1cnc(OC)o1.CCOC(=O)C[C@H](N)Cc1ccc(-c2cccc(Cl)c2)cc1.Cl. The van der Waals surface area contributed by atoms with Crippen LogP contribution in [-0.4, -0.2) is 55.2 Å². The van der Waals surface area contributed by atoms with Crippen LogP contribution in [0.25, 0.3) is 22.3 Å². The number of amides is 1. The molecule has 2 atom stereocenters. The average molecular weight is 797 g/mol. The first kappa shape index (κ1) is 43.5. The van der Waals surface area contributed by atoms with Crippen LogP contribution in [0.1, 0.15) is 48.4 Å². The summed E-state index contributed by atoms with van der Waals surface area (Å²) < 4.78 is 20.0. The summed E-state index contributed by atoms with van der Waals surface area (Å²) in [6, 6.07) is 30.6. The third-order valence-electron chi connectivity index (χ3n) is 7.87. The Morgan fingerprint density at radius 1 is 0.741 bits per heavy atom. The Hall–Kier alpha value is -4.87. The Kier molecular flexibility index (Phi) is 18.0. The molecule has 0 aliphatic carbocycles. The first-order chi connectivity index (χ1) is 25.6. The highest BCUT2D eigenvalue weighted by atomic mass is 35.5. The number of rotatable bonds is 15. The van der Waals surface area contributed by atoms with Crippen LogP contribution in [0.4, 0.5) is 0 Å². The largest absolute Gasteiger partial charge is 0.466 e. The lowest BCUT2D eigenvalue weighted by atomic mass is 9.99. The zero-order valence-corrected chi connectivity index (χ0v) is 32.6. The number of carbonyl (C=O) groups is 3. The number of benzene rings is 4. The number of hydrogen-bond donors (Lipinski definition) is 2. The maximum Gasteiger partial charge on any atom is 0.393 e. The van der Waals surface area contributed by atoms with Gasteiger partial charge < -0.3 is 29.7 Å². The van der Waals surface area contributed by atoms with Gasteiger partial charge in [0, 0.05) is 22.1 Å². The van der Waals surface area contributed by atoms with E-state index in [2.05, 4.69) is 10.3 Å².